The van der Waals surface area contributed by atoms with Crippen LogP contribution in [0.3, 0.4) is 0 Å². The summed E-state index contributed by atoms with van der Waals surface area (Å²) >= 11 is 3.42. The van der Waals surface area contributed by atoms with Crippen molar-refractivity contribution in [2.45, 2.75) is 12.8 Å². The minimum Gasteiger partial charge on any atom is -0.465 e. The van der Waals surface area contributed by atoms with Gasteiger partial charge in [-0.1, -0.05) is 15.9 Å². The Balaban J connectivity index is 1.98. The fraction of sp³-hybridized carbons (Fsp3) is 0.286. The number of nitrogen functional groups attached to an aromatic ring is 1. The van der Waals surface area contributed by atoms with E-state index in [1.54, 1.807) is 6.20 Å². The van der Waals surface area contributed by atoms with Crippen LogP contribution >= 0.6 is 15.9 Å². The van der Waals surface area contributed by atoms with Crippen molar-refractivity contribution < 1.29 is 9.90 Å². The number of nitrogens with zero attached hydrogens (tertiary/aromatic N) is 1. The second-order valence-electron chi connectivity index (χ2n) is 4.62. The molecule has 2 aromatic rings. The van der Waals surface area contributed by atoms with Crippen molar-refractivity contribution >= 4 is 44.3 Å². The lowest BCUT2D eigenvalue weighted by Gasteiger charge is -2.12. The van der Waals surface area contributed by atoms with Gasteiger partial charge in [0.25, 0.3) is 0 Å². The van der Waals surface area contributed by atoms with Gasteiger partial charge in [0.05, 0.1) is 23.1 Å². The molecule has 1 aromatic heterocycles. The predicted molar refractivity (Wildman–Crippen MR) is 87.6 cm³/mol. The van der Waals surface area contributed by atoms with E-state index in [4.69, 9.17) is 10.8 Å². The summed E-state index contributed by atoms with van der Waals surface area (Å²) < 4.78 is 0.970. The maximum atomic E-state index is 10.3. The molecule has 0 radical (unpaired) electrons. The average molecular weight is 353 g/mol. The van der Waals surface area contributed by atoms with Gasteiger partial charge in [-0.05, 0) is 31.0 Å². The Morgan fingerprint density at radius 2 is 2.10 bits per heavy atom. The van der Waals surface area contributed by atoms with Crippen molar-refractivity contribution in [3.8, 4) is 0 Å². The standard InChI is InChI=1S/C14H17BrN4O2/c15-9-3-4-10-12(7-9)19-8-11(16)13(10)17-5-1-2-6-18-14(20)21/h3-4,7-8,18H,1-2,5-6,16H2,(H,17,19)(H,20,21). The van der Waals surface area contributed by atoms with Crippen LogP contribution in [0.4, 0.5) is 16.2 Å². The molecule has 1 heterocycles. The van der Waals surface area contributed by atoms with E-state index in [1.165, 1.54) is 0 Å². The molecule has 0 saturated carbocycles. The number of pyridine rings is 1. The van der Waals surface area contributed by atoms with Crippen molar-refractivity contribution in [3.63, 3.8) is 0 Å². The molecule has 21 heavy (non-hydrogen) atoms. The number of anilines is 2. The summed E-state index contributed by atoms with van der Waals surface area (Å²) in [7, 11) is 0. The maximum Gasteiger partial charge on any atom is 0.404 e. The molecule has 7 heteroatoms. The number of fused-ring (bicyclic) bond motifs is 1. The fourth-order valence-electron chi connectivity index (χ4n) is 2.04. The van der Waals surface area contributed by atoms with E-state index in [0.717, 1.165) is 40.4 Å². The zero-order valence-corrected chi connectivity index (χ0v) is 13.0. The third kappa shape index (κ3) is 4.22. The molecule has 1 aromatic carbocycles. The highest BCUT2D eigenvalue weighted by Gasteiger charge is 2.06. The smallest absolute Gasteiger partial charge is 0.404 e. The second kappa shape index (κ2) is 7.12. The van der Waals surface area contributed by atoms with Gasteiger partial charge in [0.2, 0.25) is 0 Å². The number of nitrogens with one attached hydrogen (secondary N) is 2. The van der Waals surface area contributed by atoms with E-state index >= 15 is 0 Å². The fourth-order valence-corrected chi connectivity index (χ4v) is 2.39. The highest BCUT2D eigenvalue weighted by atomic mass is 79.9. The summed E-state index contributed by atoms with van der Waals surface area (Å²) in [5.74, 6) is 0. The number of hydrogen-bond acceptors (Lipinski definition) is 4. The largest absolute Gasteiger partial charge is 0.465 e. The molecule has 0 spiro atoms. The summed E-state index contributed by atoms with van der Waals surface area (Å²) in [6.45, 7) is 1.18. The van der Waals surface area contributed by atoms with Crippen molar-refractivity contribution in [1.82, 2.24) is 10.3 Å². The number of halogens is 1. The highest BCUT2D eigenvalue weighted by Crippen LogP contribution is 2.29. The van der Waals surface area contributed by atoms with Crippen molar-refractivity contribution in [3.05, 3.63) is 28.9 Å². The van der Waals surface area contributed by atoms with Gasteiger partial charge in [0.1, 0.15) is 0 Å². The minimum atomic E-state index is -0.988. The number of rotatable bonds is 6. The van der Waals surface area contributed by atoms with Gasteiger partial charge >= 0.3 is 6.09 Å². The first kappa shape index (κ1) is 15.4. The molecule has 6 nitrogen and oxygen atoms in total. The molecule has 0 aliphatic heterocycles. The lowest BCUT2D eigenvalue weighted by atomic mass is 10.1. The third-order valence-corrected chi connectivity index (χ3v) is 3.54. The number of amides is 1. The monoisotopic (exact) mass is 352 g/mol. The van der Waals surface area contributed by atoms with Gasteiger partial charge in [-0.15, -0.1) is 0 Å². The van der Waals surface area contributed by atoms with Gasteiger partial charge in [0, 0.05) is 22.9 Å². The van der Waals surface area contributed by atoms with Crippen LogP contribution in [-0.2, 0) is 0 Å². The SMILES string of the molecule is Nc1cnc2cc(Br)ccc2c1NCCCCNC(=O)O. The van der Waals surface area contributed by atoms with E-state index in [-0.39, 0.29) is 0 Å². The average Bonchev–Trinajstić information content (AvgIpc) is 2.44. The Labute approximate surface area is 130 Å². The van der Waals surface area contributed by atoms with Crippen LogP contribution < -0.4 is 16.4 Å². The van der Waals surface area contributed by atoms with E-state index in [2.05, 4.69) is 31.5 Å². The van der Waals surface area contributed by atoms with E-state index in [0.29, 0.717) is 12.2 Å². The van der Waals surface area contributed by atoms with Crippen LogP contribution in [0.1, 0.15) is 12.8 Å². The van der Waals surface area contributed by atoms with E-state index < -0.39 is 6.09 Å². The summed E-state index contributed by atoms with van der Waals surface area (Å²) in [4.78, 5) is 14.6. The molecule has 112 valence electrons. The first-order valence-electron chi connectivity index (χ1n) is 6.62. The van der Waals surface area contributed by atoms with Crippen LogP contribution in [-0.4, -0.2) is 29.3 Å². The number of aromatic nitrogens is 1. The third-order valence-electron chi connectivity index (χ3n) is 3.04. The number of unbranched alkanes of at least 4 members (excludes halogenated alkanes) is 1. The van der Waals surface area contributed by atoms with Gasteiger partial charge in [-0.2, -0.15) is 0 Å². The van der Waals surface area contributed by atoms with Crippen LogP contribution in [0, 0.1) is 0 Å². The van der Waals surface area contributed by atoms with Crippen molar-refractivity contribution in [1.29, 1.82) is 0 Å². The van der Waals surface area contributed by atoms with Gasteiger partial charge in [-0.25, -0.2) is 4.79 Å². The Hall–Kier alpha value is -2.02. The molecule has 0 bridgehead atoms. The summed E-state index contributed by atoms with van der Waals surface area (Å²) in [5.41, 5.74) is 8.33. The minimum absolute atomic E-state index is 0.455. The Bertz CT molecular complexity index is 648. The lowest BCUT2D eigenvalue weighted by molar-refractivity contribution is 0.194. The number of carboxylic acid groups (broad SMARTS) is 1. The van der Waals surface area contributed by atoms with Crippen LogP contribution in [0.5, 0.6) is 0 Å². The quantitative estimate of drug-likeness (QED) is 0.598. The van der Waals surface area contributed by atoms with Crippen molar-refractivity contribution in [2.75, 3.05) is 24.1 Å². The van der Waals surface area contributed by atoms with Gasteiger partial charge in [-0.3, -0.25) is 4.98 Å². The van der Waals surface area contributed by atoms with E-state index in [1.807, 2.05) is 18.2 Å². The summed E-state index contributed by atoms with van der Waals surface area (Å²) in [5, 5.41) is 15.1. The highest BCUT2D eigenvalue weighted by molar-refractivity contribution is 9.10. The molecule has 0 aliphatic rings. The van der Waals surface area contributed by atoms with Crippen LogP contribution in [0.15, 0.2) is 28.9 Å². The number of benzene rings is 1. The normalized spacial score (nSPS) is 10.5. The number of hydrogen-bond donors (Lipinski definition) is 4. The molecule has 0 saturated heterocycles. The Morgan fingerprint density at radius 1 is 1.33 bits per heavy atom. The molecule has 1 amide bonds. The molecule has 2 rings (SSSR count). The van der Waals surface area contributed by atoms with Gasteiger partial charge < -0.3 is 21.5 Å². The summed E-state index contributed by atoms with van der Waals surface area (Å²) in [6, 6.07) is 5.86. The molecule has 0 atom stereocenters. The molecule has 0 fully saturated rings. The molecular weight excluding hydrogens is 336 g/mol. The molecule has 5 N–H and O–H groups in total. The van der Waals surface area contributed by atoms with E-state index in [9.17, 15) is 4.79 Å². The first-order valence-corrected chi connectivity index (χ1v) is 7.41. The zero-order valence-electron chi connectivity index (χ0n) is 11.4. The lowest BCUT2D eigenvalue weighted by Crippen LogP contribution is -2.22. The second-order valence-corrected chi connectivity index (χ2v) is 5.53. The maximum absolute atomic E-state index is 10.3. The van der Waals surface area contributed by atoms with Crippen molar-refractivity contribution in [2.24, 2.45) is 0 Å². The zero-order chi connectivity index (χ0) is 15.2. The topological polar surface area (TPSA) is 100 Å². The Kier molecular flexibility index (Phi) is 5.21. The number of nitrogens with two attached hydrogens (primary N) is 1. The molecule has 0 unspecified atom stereocenters. The number of carbonyl (C=O) groups is 1. The van der Waals surface area contributed by atoms with Crippen LogP contribution in [0.25, 0.3) is 10.9 Å². The first-order chi connectivity index (χ1) is 10.1. The van der Waals surface area contributed by atoms with Gasteiger partial charge in [0.15, 0.2) is 0 Å². The Morgan fingerprint density at radius 3 is 2.86 bits per heavy atom. The molecular formula is C14H17BrN4O2. The summed E-state index contributed by atoms with van der Waals surface area (Å²) in [6.07, 6.45) is 2.27. The predicted octanol–water partition coefficient (Wildman–Crippen LogP) is 3.04. The molecule has 0 aliphatic carbocycles. The van der Waals surface area contributed by atoms with Crippen LogP contribution in [0.2, 0.25) is 0 Å².